The largest absolute Gasteiger partial charge is 0.395 e. The molecule has 0 radical (unpaired) electrons. The SMILES string of the molecule is CNC(=O)[C@H]1[C@@H]2SC3(CC2Br)C(C(=O)Nc2ccccc2Cl)N(CCO)C(=O)[C@H]13. The molecular formula is C19H21BrClN3O4S. The standard InChI is InChI=1S/C19H21BrClN3O4S/c1-22-16(26)12-13-18(28)24(6-7-25)15(19(13)8-9(20)14(12)29-19)17(27)23-11-5-3-2-4-10(11)21/h2-5,9,12-15,25H,6-8H2,1H3,(H,22,26)(H,23,27)/t9?,12-,13+,14-,15?,19?/m1/s1. The molecule has 4 rings (SSSR count). The lowest BCUT2D eigenvalue weighted by Crippen LogP contribution is -2.53. The molecule has 7 nitrogen and oxygen atoms in total. The molecule has 1 aromatic carbocycles. The third kappa shape index (κ3) is 3.08. The van der Waals surface area contributed by atoms with Gasteiger partial charge in [-0.05, 0) is 18.6 Å². The number of amides is 3. The highest BCUT2D eigenvalue weighted by Crippen LogP contribution is 2.67. The van der Waals surface area contributed by atoms with E-state index in [2.05, 4.69) is 26.6 Å². The highest BCUT2D eigenvalue weighted by atomic mass is 79.9. The Morgan fingerprint density at radius 3 is 2.76 bits per heavy atom. The normalized spacial score (nSPS) is 35.0. The van der Waals surface area contributed by atoms with Crippen LogP contribution in [0.5, 0.6) is 0 Å². The number of β-amino-alcohol motifs (C(OH)–C–C–N with tert-alkyl or cyclic N) is 1. The maximum atomic E-state index is 13.4. The molecule has 3 fully saturated rings. The zero-order valence-corrected chi connectivity index (χ0v) is 18.8. The van der Waals surface area contributed by atoms with Crippen LogP contribution >= 0.6 is 39.3 Å². The first-order valence-electron chi connectivity index (χ1n) is 9.36. The number of rotatable bonds is 5. The monoisotopic (exact) mass is 501 g/mol. The van der Waals surface area contributed by atoms with E-state index in [4.69, 9.17) is 11.6 Å². The molecule has 3 N–H and O–H groups in total. The van der Waals surface area contributed by atoms with Crippen molar-refractivity contribution >= 4 is 62.7 Å². The Labute approximate surface area is 186 Å². The van der Waals surface area contributed by atoms with E-state index in [1.807, 2.05) is 0 Å². The zero-order chi connectivity index (χ0) is 20.9. The van der Waals surface area contributed by atoms with Crippen molar-refractivity contribution in [1.29, 1.82) is 0 Å². The Hall–Kier alpha value is -1.29. The predicted octanol–water partition coefficient (Wildman–Crippen LogP) is 1.48. The number of hydrogen-bond acceptors (Lipinski definition) is 5. The number of carbonyl (C=O) groups is 3. The maximum Gasteiger partial charge on any atom is 0.248 e. The van der Waals surface area contributed by atoms with Crippen molar-refractivity contribution in [3.05, 3.63) is 29.3 Å². The molecule has 156 valence electrons. The molecule has 1 aromatic rings. The molecule has 6 atom stereocenters. The third-order valence-electron chi connectivity index (χ3n) is 6.06. The molecular weight excluding hydrogens is 482 g/mol. The second-order valence-electron chi connectivity index (χ2n) is 7.50. The highest BCUT2D eigenvalue weighted by Gasteiger charge is 2.75. The topological polar surface area (TPSA) is 98.7 Å². The number of anilines is 1. The lowest BCUT2D eigenvalue weighted by Gasteiger charge is -2.35. The number of halogens is 2. The molecule has 0 aromatic heterocycles. The number of likely N-dealkylation sites (tertiary alicyclic amines) is 1. The van der Waals surface area contributed by atoms with Crippen LogP contribution in [0.2, 0.25) is 5.02 Å². The Morgan fingerprint density at radius 1 is 1.38 bits per heavy atom. The number of fused-ring (bicyclic) bond motifs is 1. The van der Waals surface area contributed by atoms with Crippen molar-refractivity contribution in [3.8, 4) is 0 Å². The van der Waals surface area contributed by atoms with Crippen LogP contribution in [-0.2, 0) is 14.4 Å². The van der Waals surface area contributed by atoms with Crippen molar-refractivity contribution in [1.82, 2.24) is 10.2 Å². The second-order valence-corrected chi connectivity index (χ2v) is 10.6. The van der Waals surface area contributed by atoms with Gasteiger partial charge < -0.3 is 20.6 Å². The number of thioether (sulfide) groups is 1. The van der Waals surface area contributed by atoms with Crippen molar-refractivity contribution in [3.63, 3.8) is 0 Å². The van der Waals surface area contributed by atoms with Crippen LogP contribution in [0.15, 0.2) is 24.3 Å². The van der Waals surface area contributed by atoms with Gasteiger partial charge in [0.15, 0.2) is 0 Å². The van der Waals surface area contributed by atoms with Gasteiger partial charge in [-0.1, -0.05) is 39.7 Å². The van der Waals surface area contributed by atoms with Crippen LogP contribution < -0.4 is 10.6 Å². The number of nitrogens with one attached hydrogen (secondary N) is 2. The average Bonchev–Trinajstić information content (AvgIpc) is 3.27. The van der Waals surface area contributed by atoms with Crippen LogP contribution in [0.25, 0.3) is 0 Å². The minimum Gasteiger partial charge on any atom is -0.395 e. The Balaban J connectivity index is 1.74. The van der Waals surface area contributed by atoms with Crippen molar-refractivity contribution < 1.29 is 19.5 Å². The first kappa shape index (κ1) is 21.0. The summed E-state index contributed by atoms with van der Waals surface area (Å²) in [5, 5.41) is 15.4. The number of benzene rings is 1. The number of para-hydroxylation sites is 1. The second kappa shape index (κ2) is 7.76. The van der Waals surface area contributed by atoms with Crippen LogP contribution in [-0.4, -0.2) is 68.8 Å². The van der Waals surface area contributed by atoms with Gasteiger partial charge in [0.2, 0.25) is 17.7 Å². The molecule has 3 amide bonds. The summed E-state index contributed by atoms with van der Waals surface area (Å²) in [5.74, 6) is -1.91. The fourth-order valence-corrected chi connectivity index (χ4v) is 8.80. The highest BCUT2D eigenvalue weighted by molar-refractivity contribution is 9.09. The molecule has 3 aliphatic rings. The number of alkyl halides is 1. The van der Waals surface area contributed by atoms with Gasteiger partial charge in [-0.3, -0.25) is 14.4 Å². The van der Waals surface area contributed by atoms with Crippen LogP contribution in [0.3, 0.4) is 0 Å². The first-order valence-corrected chi connectivity index (χ1v) is 11.5. The number of aliphatic hydroxyl groups excluding tert-OH is 1. The number of carbonyl (C=O) groups excluding carboxylic acids is 3. The van der Waals surface area contributed by atoms with E-state index in [-0.39, 0.29) is 41.0 Å². The fraction of sp³-hybridized carbons (Fsp3) is 0.526. The smallest absolute Gasteiger partial charge is 0.248 e. The Morgan fingerprint density at radius 2 is 2.10 bits per heavy atom. The molecule has 0 aliphatic carbocycles. The van der Waals surface area contributed by atoms with E-state index in [9.17, 15) is 19.5 Å². The molecule has 3 unspecified atom stereocenters. The molecule has 0 saturated carbocycles. The van der Waals surface area contributed by atoms with Gasteiger partial charge in [0.1, 0.15) is 6.04 Å². The summed E-state index contributed by atoms with van der Waals surface area (Å²) in [6.07, 6.45) is 0.592. The number of nitrogens with zero attached hydrogens (tertiary/aromatic N) is 1. The molecule has 3 saturated heterocycles. The van der Waals surface area contributed by atoms with Crippen molar-refractivity contribution in [2.45, 2.75) is 27.3 Å². The van der Waals surface area contributed by atoms with Gasteiger partial charge >= 0.3 is 0 Å². The van der Waals surface area contributed by atoms with Gasteiger partial charge in [0.25, 0.3) is 0 Å². The van der Waals surface area contributed by atoms with Gasteiger partial charge in [0.05, 0.1) is 33.9 Å². The van der Waals surface area contributed by atoms with E-state index in [0.29, 0.717) is 17.1 Å². The summed E-state index contributed by atoms with van der Waals surface area (Å²) in [5.41, 5.74) is 0.464. The van der Waals surface area contributed by atoms with E-state index in [1.54, 1.807) is 43.1 Å². The van der Waals surface area contributed by atoms with E-state index in [1.165, 1.54) is 4.90 Å². The minimum atomic E-state index is -0.798. The molecule has 1 spiro atoms. The van der Waals surface area contributed by atoms with E-state index >= 15 is 0 Å². The third-order valence-corrected chi connectivity index (χ3v) is 9.61. The fourth-order valence-electron chi connectivity index (χ4n) is 5.01. The predicted molar refractivity (Wildman–Crippen MR) is 115 cm³/mol. The molecule has 2 bridgehead atoms. The van der Waals surface area contributed by atoms with Crippen molar-refractivity contribution in [2.24, 2.45) is 11.8 Å². The van der Waals surface area contributed by atoms with Gasteiger partial charge in [-0.15, -0.1) is 11.8 Å². The zero-order valence-electron chi connectivity index (χ0n) is 15.6. The molecule has 10 heteroatoms. The first-order chi connectivity index (χ1) is 13.9. The summed E-state index contributed by atoms with van der Waals surface area (Å²) in [4.78, 5) is 40.8. The van der Waals surface area contributed by atoms with E-state index in [0.717, 1.165) is 0 Å². The minimum absolute atomic E-state index is 0.0172. The Kier molecular flexibility index (Phi) is 5.61. The summed E-state index contributed by atoms with van der Waals surface area (Å²) in [7, 11) is 1.56. The van der Waals surface area contributed by atoms with E-state index < -0.39 is 22.6 Å². The number of hydrogen-bond donors (Lipinski definition) is 3. The lowest BCUT2D eigenvalue weighted by atomic mass is 9.70. The van der Waals surface area contributed by atoms with Gasteiger partial charge in [-0.25, -0.2) is 0 Å². The molecule has 29 heavy (non-hydrogen) atoms. The summed E-state index contributed by atoms with van der Waals surface area (Å²) in [6.45, 7) is -0.225. The maximum absolute atomic E-state index is 13.4. The Bertz CT molecular complexity index is 874. The molecule has 3 aliphatic heterocycles. The van der Waals surface area contributed by atoms with Gasteiger partial charge in [-0.2, -0.15) is 0 Å². The summed E-state index contributed by atoms with van der Waals surface area (Å²) < 4.78 is -0.729. The van der Waals surface area contributed by atoms with Crippen molar-refractivity contribution in [2.75, 3.05) is 25.5 Å². The average molecular weight is 503 g/mol. The van der Waals surface area contributed by atoms with Crippen LogP contribution in [0, 0.1) is 11.8 Å². The quantitative estimate of drug-likeness (QED) is 0.530. The summed E-state index contributed by atoms with van der Waals surface area (Å²) in [6, 6.07) is 6.10. The number of aliphatic hydroxyl groups is 1. The van der Waals surface area contributed by atoms with Crippen LogP contribution in [0.1, 0.15) is 6.42 Å². The van der Waals surface area contributed by atoms with Crippen LogP contribution in [0.4, 0.5) is 5.69 Å². The molecule has 3 heterocycles. The lowest BCUT2D eigenvalue weighted by molar-refractivity contribution is -0.139. The van der Waals surface area contributed by atoms with Gasteiger partial charge in [0, 0.05) is 23.7 Å². The summed E-state index contributed by atoms with van der Waals surface area (Å²) >= 11 is 11.4.